The second-order valence-corrected chi connectivity index (χ2v) is 5.52. The molecule has 0 radical (unpaired) electrons. The maximum atomic E-state index is 5.76. The van der Waals surface area contributed by atoms with Crippen molar-refractivity contribution in [2.75, 3.05) is 11.1 Å². The molecule has 0 aliphatic carbocycles. The van der Waals surface area contributed by atoms with Gasteiger partial charge < -0.3 is 11.1 Å². The van der Waals surface area contributed by atoms with Gasteiger partial charge in [0.15, 0.2) is 0 Å². The van der Waals surface area contributed by atoms with Gasteiger partial charge in [-0.3, -0.25) is 0 Å². The molecule has 3 N–H and O–H groups in total. The molecule has 0 bridgehead atoms. The van der Waals surface area contributed by atoms with Crippen molar-refractivity contribution >= 4 is 28.0 Å². The molecular formula is C15H14N4S. The number of nitrogen functional groups attached to an aromatic ring is 1. The lowest BCUT2D eigenvalue weighted by Gasteiger charge is -2.08. The van der Waals surface area contributed by atoms with E-state index in [0.717, 1.165) is 26.8 Å². The third kappa shape index (κ3) is 2.62. The topological polar surface area (TPSA) is 63.8 Å². The van der Waals surface area contributed by atoms with Gasteiger partial charge >= 0.3 is 0 Å². The largest absolute Gasteiger partial charge is 0.391 e. The number of anilines is 3. The minimum atomic E-state index is 0.587. The maximum Gasteiger partial charge on any atom is 0.227 e. The van der Waals surface area contributed by atoms with Crippen LogP contribution in [0.5, 0.6) is 0 Å². The summed E-state index contributed by atoms with van der Waals surface area (Å²) >= 11 is 1.52. The first-order valence-electron chi connectivity index (χ1n) is 6.24. The van der Waals surface area contributed by atoms with Crippen molar-refractivity contribution in [3.05, 3.63) is 54.2 Å². The van der Waals surface area contributed by atoms with Crippen LogP contribution in [0.1, 0.15) is 5.56 Å². The van der Waals surface area contributed by atoms with Crippen LogP contribution in [0.25, 0.3) is 10.6 Å². The quantitative estimate of drug-likeness (QED) is 0.766. The highest BCUT2D eigenvalue weighted by Crippen LogP contribution is 2.28. The van der Waals surface area contributed by atoms with Crippen molar-refractivity contribution in [3.63, 3.8) is 0 Å². The lowest BCUT2D eigenvalue weighted by Crippen LogP contribution is -1.98. The highest BCUT2D eigenvalue weighted by atomic mass is 32.1. The van der Waals surface area contributed by atoms with E-state index in [0.29, 0.717) is 5.95 Å². The van der Waals surface area contributed by atoms with E-state index in [1.54, 1.807) is 6.20 Å². The highest BCUT2D eigenvalue weighted by Gasteiger charge is 2.05. The molecule has 0 saturated heterocycles. The summed E-state index contributed by atoms with van der Waals surface area (Å²) in [6.45, 7) is 2.05. The Balaban J connectivity index is 1.90. The van der Waals surface area contributed by atoms with Gasteiger partial charge in [0.1, 0.15) is 0 Å². The molecule has 1 aromatic carbocycles. The standard InChI is InChI=1S/C15H14N4S/c1-10-4-2-3-5-11(10)18-15-17-9-8-12(19-15)13-6-7-14(16)20-13/h2-9H,16H2,1H3,(H,17,18,19). The fraction of sp³-hybridized carbons (Fsp3) is 0.0667. The lowest BCUT2D eigenvalue weighted by atomic mass is 10.2. The number of aryl methyl sites for hydroxylation is 1. The number of thiophene rings is 1. The first-order valence-corrected chi connectivity index (χ1v) is 7.05. The van der Waals surface area contributed by atoms with Gasteiger partial charge in [-0.2, -0.15) is 0 Å². The Hall–Kier alpha value is -2.40. The van der Waals surface area contributed by atoms with Gasteiger partial charge in [-0.15, -0.1) is 11.3 Å². The molecule has 20 heavy (non-hydrogen) atoms. The average molecular weight is 282 g/mol. The van der Waals surface area contributed by atoms with E-state index in [4.69, 9.17) is 5.73 Å². The molecule has 0 unspecified atom stereocenters. The van der Waals surface area contributed by atoms with Crippen LogP contribution < -0.4 is 11.1 Å². The Kier molecular flexibility index (Phi) is 3.35. The van der Waals surface area contributed by atoms with E-state index >= 15 is 0 Å². The number of nitrogens with two attached hydrogens (primary N) is 1. The normalized spacial score (nSPS) is 10.4. The SMILES string of the molecule is Cc1ccccc1Nc1nccc(-c2ccc(N)s2)n1. The van der Waals surface area contributed by atoms with E-state index < -0.39 is 0 Å². The minimum absolute atomic E-state index is 0.587. The summed E-state index contributed by atoms with van der Waals surface area (Å²) in [6, 6.07) is 13.8. The Morgan fingerprint density at radius 1 is 1.10 bits per heavy atom. The predicted octanol–water partition coefficient (Wildman–Crippen LogP) is 3.84. The van der Waals surface area contributed by atoms with Crippen molar-refractivity contribution in [1.82, 2.24) is 9.97 Å². The average Bonchev–Trinajstić information content (AvgIpc) is 2.89. The Morgan fingerprint density at radius 2 is 1.95 bits per heavy atom. The summed E-state index contributed by atoms with van der Waals surface area (Å²) in [5.74, 6) is 0.587. The van der Waals surface area contributed by atoms with E-state index in [2.05, 4.69) is 15.3 Å². The molecule has 5 heteroatoms. The summed E-state index contributed by atoms with van der Waals surface area (Å²) in [6.07, 6.45) is 1.75. The number of hydrogen-bond donors (Lipinski definition) is 2. The number of benzene rings is 1. The number of aromatic nitrogens is 2. The molecule has 0 saturated carbocycles. The van der Waals surface area contributed by atoms with E-state index in [1.165, 1.54) is 11.3 Å². The predicted molar refractivity (Wildman–Crippen MR) is 84.2 cm³/mol. The second-order valence-electron chi connectivity index (χ2n) is 4.41. The zero-order valence-corrected chi connectivity index (χ0v) is 11.8. The summed E-state index contributed by atoms with van der Waals surface area (Å²) in [5, 5.41) is 4.02. The molecule has 0 spiro atoms. The fourth-order valence-corrected chi connectivity index (χ4v) is 2.62. The van der Waals surface area contributed by atoms with E-state index in [9.17, 15) is 0 Å². The van der Waals surface area contributed by atoms with Crippen molar-refractivity contribution < 1.29 is 0 Å². The van der Waals surface area contributed by atoms with Gasteiger partial charge in [-0.1, -0.05) is 18.2 Å². The first-order chi connectivity index (χ1) is 9.72. The Morgan fingerprint density at radius 3 is 2.70 bits per heavy atom. The molecular weight excluding hydrogens is 268 g/mol. The molecule has 3 aromatic rings. The van der Waals surface area contributed by atoms with Gasteiger partial charge in [0.2, 0.25) is 5.95 Å². The smallest absolute Gasteiger partial charge is 0.227 e. The molecule has 0 amide bonds. The van der Waals surface area contributed by atoms with Gasteiger partial charge in [0.05, 0.1) is 15.6 Å². The van der Waals surface area contributed by atoms with Crippen molar-refractivity contribution in [3.8, 4) is 10.6 Å². The summed E-state index contributed by atoms with van der Waals surface area (Å²) in [5.41, 5.74) is 8.79. The van der Waals surface area contributed by atoms with Gasteiger partial charge in [-0.25, -0.2) is 9.97 Å². The third-order valence-corrected chi connectivity index (χ3v) is 3.86. The van der Waals surface area contributed by atoms with Crippen LogP contribution in [-0.2, 0) is 0 Å². The van der Waals surface area contributed by atoms with Crippen molar-refractivity contribution in [2.24, 2.45) is 0 Å². The number of para-hydroxylation sites is 1. The maximum absolute atomic E-state index is 5.76. The summed E-state index contributed by atoms with van der Waals surface area (Å²) < 4.78 is 0. The zero-order chi connectivity index (χ0) is 13.9. The molecule has 0 atom stereocenters. The van der Waals surface area contributed by atoms with Crippen LogP contribution in [0.2, 0.25) is 0 Å². The second kappa shape index (κ2) is 5.30. The van der Waals surface area contributed by atoms with Gasteiger partial charge in [0.25, 0.3) is 0 Å². The molecule has 3 rings (SSSR count). The fourth-order valence-electron chi connectivity index (χ4n) is 1.88. The number of rotatable bonds is 3. The number of hydrogen-bond acceptors (Lipinski definition) is 5. The molecule has 0 fully saturated rings. The summed E-state index contributed by atoms with van der Waals surface area (Å²) in [4.78, 5) is 9.82. The van der Waals surface area contributed by atoms with Crippen LogP contribution in [0.15, 0.2) is 48.7 Å². The van der Waals surface area contributed by atoms with Crippen LogP contribution in [-0.4, -0.2) is 9.97 Å². The van der Waals surface area contributed by atoms with Crippen molar-refractivity contribution in [1.29, 1.82) is 0 Å². The molecule has 100 valence electrons. The van der Waals surface area contributed by atoms with Crippen LogP contribution in [0, 0.1) is 6.92 Å². The van der Waals surface area contributed by atoms with E-state index in [1.807, 2.05) is 49.4 Å². The summed E-state index contributed by atoms with van der Waals surface area (Å²) in [7, 11) is 0. The molecule has 2 heterocycles. The zero-order valence-electron chi connectivity index (χ0n) is 11.0. The van der Waals surface area contributed by atoms with Crippen LogP contribution in [0.4, 0.5) is 16.6 Å². The molecule has 2 aromatic heterocycles. The minimum Gasteiger partial charge on any atom is -0.391 e. The van der Waals surface area contributed by atoms with Crippen LogP contribution >= 0.6 is 11.3 Å². The van der Waals surface area contributed by atoms with E-state index in [-0.39, 0.29) is 0 Å². The van der Waals surface area contributed by atoms with Gasteiger partial charge in [0, 0.05) is 11.9 Å². The highest BCUT2D eigenvalue weighted by molar-refractivity contribution is 7.19. The lowest BCUT2D eigenvalue weighted by molar-refractivity contribution is 1.17. The number of nitrogens with one attached hydrogen (secondary N) is 1. The van der Waals surface area contributed by atoms with Crippen molar-refractivity contribution in [2.45, 2.75) is 6.92 Å². The van der Waals surface area contributed by atoms with Crippen LogP contribution in [0.3, 0.4) is 0 Å². The van der Waals surface area contributed by atoms with Gasteiger partial charge in [-0.05, 0) is 36.8 Å². The molecule has 0 aliphatic heterocycles. The third-order valence-electron chi connectivity index (χ3n) is 2.93. The Bertz CT molecular complexity index is 736. The molecule has 0 aliphatic rings. The monoisotopic (exact) mass is 282 g/mol. The molecule has 4 nitrogen and oxygen atoms in total. The Labute approximate surface area is 121 Å². The number of nitrogens with zero attached hydrogens (tertiary/aromatic N) is 2. The first kappa shape index (κ1) is 12.6.